The predicted molar refractivity (Wildman–Crippen MR) is 71.6 cm³/mol. The number of urea groups is 1. The van der Waals surface area contributed by atoms with Crippen LogP contribution in [0.1, 0.15) is 18.9 Å². The van der Waals surface area contributed by atoms with Crippen molar-refractivity contribution in [2.24, 2.45) is 0 Å². The van der Waals surface area contributed by atoms with Gasteiger partial charge in [0.1, 0.15) is 0 Å². The molecule has 1 aromatic carbocycles. The molecule has 0 aliphatic rings. The lowest BCUT2D eigenvalue weighted by atomic mass is 10.3. The maximum atomic E-state index is 11.5. The molecule has 0 saturated heterocycles. The summed E-state index contributed by atoms with van der Waals surface area (Å²) in [5.74, 6) is 0. The SMILES string of the molecule is Cc1nc2ccc(NC(=O)NC(C)C)cc2s1. The van der Waals surface area contributed by atoms with Gasteiger partial charge in [0.15, 0.2) is 0 Å². The van der Waals surface area contributed by atoms with E-state index in [0.717, 1.165) is 20.9 Å². The minimum absolute atomic E-state index is 0.129. The Bertz CT molecular complexity index is 548. The van der Waals surface area contributed by atoms with E-state index in [1.54, 1.807) is 11.3 Å². The lowest BCUT2D eigenvalue weighted by Crippen LogP contribution is -2.34. The second kappa shape index (κ2) is 4.71. The van der Waals surface area contributed by atoms with E-state index < -0.39 is 0 Å². The molecule has 2 amide bonds. The Balaban J connectivity index is 2.16. The number of anilines is 1. The zero-order valence-electron chi connectivity index (χ0n) is 10.1. The van der Waals surface area contributed by atoms with Gasteiger partial charge in [0.25, 0.3) is 0 Å². The molecule has 17 heavy (non-hydrogen) atoms. The summed E-state index contributed by atoms with van der Waals surface area (Å²) in [4.78, 5) is 15.9. The van der Waals surface area contributed by atoms with Gasteiger partial charge in [0.05, 0.1) is 15.2 Å². The van der Waals surface area contributed by atoms with Crippen molar-refractivity contribution in [2.45, 2.75) is 26.8 Å². The highest BCUT2D eigenvalue weighted by atomic mass is 32.1. The van der Waals surface area contributed by atoms with E-state index in [9.17, 15) is 4.79 Å². The number of amides is 2. The fraction of sp³-hybridized carbons (Fsp3) is 0.333. The Labute approximate surface area is 104 Å². The standard InChI is InChI=1S/C12H15N3OS/c1-7(2)13-12(16)15-9-4-5-10-11(6-9)17-8(3)14-10/h4-7H,1-3H3,(H2,13,15,16). The smallest absolute Gasteiger partial charge is 0.319 e. The molecule has 1 heterocycles. The van der Waals surface area contributed by atoms with E-state index >= 15 is 0 Å². The third-order valence-corrected chi connectivity index (χ3v) is 3.11. The molecule has 2 rings (SSSR count). The van der Waals surface area contributed by atoms with Crippen LogP contribution in [0.2, 0.25) is 0 Å². The van der Waals surface area contributed by atoms with Gasteiger partial charge >= 0.3 is 6.03 Å². The third-order valence-electron chi connectivity index (χ3n) is 2.17. The van der Waals surface area contributed by atoms with Gasteiger partial charge in [-0.05, 0) is 39.0 Å². The number of nitrogens with zero attached hydrogens (tertiary/aromatic N) is 1. The van der Waals surface area contributed by atoms with E-state index in [2.05, 4.69) is 15.6 Å². The van der Waals surface area contributed by atoms with Crippen LogP contribution in [-0.4, -0.2) is 17.1 Å². The first kappa shape index (κ1) is 11.9. The quantitative estimate of drug-likeness (QED) is 0.859. The fourth-order valence-electron chi connectivity index (χ4n) is 1.55. The molecule has 0 aliphatic heterocycles. The molecular weight excluding hydrogens is 234 g/mol. The first-order valence-corrected chi connectivity index (χ1v) is 6.31. The monoisotopic (exact) mass is 249 g/mol. The molecule has 0 bridgehead atoms. The average molecular weight is 249 g/mol. The van der Waals surface area contributed by atoms with Crippen molar-refractivity contribution in [3.63, 3.8) is 0 Å². The van der Waals surface area contributed by atoms with Crippen LogP contribution in [-0.2, 0) is 0 Å². The number of fused-ring (bicyclic) bond motifs is 1. The van der Waals surface area contributed by atoms with Gasteiger partial charge in [0, 0.05) is 11.7 Å². The molecule has 0 atom stereocenters. The average Bonchev–Trinajstić information content (AvgIpc) is 2.55. The van der Waals surface area contributed by atoms with Crippen LogP contribution in [0, 0.1) is 6.92 Å². The van der Waals surface area contributed by atoms with Gasteiger partial charge in [0.2, 0.25) is 0 Å². The summed E-state index contributed by atoms with van der Waals surface area (Å²) in [5.41, 5.74) is 1.77. The highest BCUT2D eigenvalue weighted by molar-refractivity contribution is 7.18. The lowest BCUT2D eigenvalue weighted by molar-refractivity contribution is 0.250. The van der Waals surface area contributed by atoms with Crippen LogP contribution >= 0.6 is 11.3 Å². The van der Waals surface area contributed by atoms with Crippen LogP contribution < -0.4 is 10.6 Å². The number of hydrogen-bond donors (Lipinski definition) is 2. The summed E-state index contributed by atoms with van der Waals surface area (Å²) in [6.07, 6.45) is 0. The van der Waals surface area contributed by atoms with Gasteiger partial charge < -0.3 is 10.6 Å². The van der Waals surface area contributed by atoms with E-state index in [0.29, 0.717) is 0 Å². The largest absolute Gasteiger partial charge is 0.336 e. The van der Waals surface area contributed by atoms with Crippen LogP contribution in [0.15, 0.2) is 18.2 Å². The number of nitrogens with one attached hydrogen (secondary N) is 2. The fourth-order valence-corrected chi connectivity index (χ4v) is 2.41. The molecule has 0 unspecified atom stereocenters. The van der Waals surface area contributed by atoms with Crippen molar-refractivity contribution in [1.82, 2.24) is 10.3 Å². The summed E-state index contributed by atoms with van der Waals surface area (Å²) in [6, 6.07) is 5.68. The van der Waals surface area contributed by atoms with E-state index in [1.807, 2.05) is 39.0 Å². The molecule has 1 aromatic heterocycles. The maximum Gasteiger partial charge on any atom is 0.319 e. The van der Waals surface area contributed by atoms with Crippen molar-refractivity contribution < 1.29 is 4.79 Å². The number of carbonyl (C=O) groups is 1. The Morgan fingerprint density at radius 3 is 2.88 bits per heavy atom. The first-order chi connectivity index (χ1) is 8.04. The Morgan fingerprint density at radius 1 is 1.41 bits per heavy atom. The Hall–Kier alpha value is -1.62. The normalized spacial score (nSPS) is 10.8. The Kier molecular flexibility index (Phi) is 3.28. The second-order valence-electron chi connectivity index (χ2n) is 4.17. The lowest BCUT2D eigenvalue weighted by Gasteiger charge is -2.09. The molecule has 0 radical (unpaired) electrons. The number of aryl methyl sites for hydroxylation is 1. The zero-order valence-corrected chi connectivity index (χ0v) is 10.9. The van der Waals surface area contributed by atoms with Crippen LogP contribution in [0.25, 0.3) is 10.2 Å². The summed E-state index contributed by atoms with van der Waals surface area (Å²) in [7, 11) is 0. The van der Waals surface area contributed by atoms with E-state index in [1.165, 1.54) is 0 Å². The van der Waals surface area contributed by atoms with Crippen molar-refractivity contribution in [3.05, 3.63) is 23.2 Å². The number of rotatable bonds is 2. The van der Waals surface area contributed by atoms with Crippen molar-refractivity contribution in [2.75, 3.05) is 5.32 Å². The van der Waals surface area contributed by atoms with Gasteiger partial charge in [-0.1, -0.05) is 0 Å². The summed E-state index contributed by atoms with van der Waals surface area (Å²) in [5, 5.41) is 6.62. The van der Waals surface area contributed by atoms with Crippen LogP contribution in [0.3, 0.4) is 0 Å². The predicted octanol–water partition coefficient (Wildman–Crippen LogP) is 3.13. The van der Waals surface area contributed by atoms with E-state index in [4.69, 9.17) is 0 Å². The summed E-state index contributed by atoms with van der Waals surface area (Å²) < 4.78 is 1.09. The Morgan fingerprint density at radius 2 is 2.18 bits per heavy atom. The van der Waals surface area contributed by atoms with Gasteiger partial charge in [-0.15, -0.1) is 11.3 Å². The molecule has 2 aromatic rings. The number of hydrogen-bond acceptors (Lipinski definition) is 3. The summed E-state index contributed by atoms with van der Waals surface area (Å²) >= 11 is 1.62. The number of aromatic nitrogens is 1. The molecular formula is C12H15N3OS. The second-order valence-corrected chi connectivity index (χ2v) is 5.40. The van der Waals surface area contributed by atoms with Gasteiger partial charge in [-0.25, -0.2) is 9.78 Å². The van der Waals surface area contributed by atoms with Crippen molar-refractivity contribution in [3.8, 4) is 0 Å². The molecule has 2 N–H and O–H groups in total. The summed E-state index contributed by atoms with van der Waals surface area (Å²) in [6.45, 7) is 5.83. The van der Waals surface area contributed by atoms with Crippen molar-refractivity contribution in [1.29, 1.82) is 0 Å². The molecule has 0 saturated carbocycles. The molecule has 4 nitrogen and oxygen atoms in total. The minimum Gasteiger partial charge on any atom is -0.336 e. The highest BCUT2D eigenvalue weighted by Crippen LogP contribution is 2.24. The van der Waals surface area contributed by atoms with Crippen LogP contribution in [0.4, 0.5) is 10.5 Å². The minimum atomic E-state index is -0.180. The zero-order chi connectivity index (χ0) is 12.4. The van der Waals surface area contributed by atoms with E-state index in [-0.39, 0.29) is 12.1 Å². The molecule has 5 heteroatoms. The van der Waals surface area contributed by atoms with Crippen LogP contribution in [0.5, 0.6) is 0 Å². The maximum absolute atomic E-state index is 11.5. The molecule has 0 fully saturated rings. The highest BCUT2D eigenvalue weighted by Gasteiger charge is 2.05. The number of benzene rings is 1. The first-order valence-electron chi connectivity index (χ1n) is 5.49. The van der Waals surface area contributed by atoms with Crippen molar-refractivity contribution >= 4 is 33.3 Å². The van der Waals surface area contributed by atoms with Gasteiger partial charge in [-0.3, -0.25) is 0 Å². The number of carbonyl (C=O) groups excluding carboxylic acids is 1. The third kappa shape index (κ3) is 2.94. The molecule has 0 spiro atoms. The van der Waals surface area contributed by atoms with Gasteiger partial charge in [-0.2, -0.15) is 0 Å². The molecule has 0 aliphatic carbocycles. The number of thiazole rings is 1. The molecule has 90 valence electrons. The topological polar surface area (TPSA) is 54.0 Å².